The number of aryl methyl sites for hydroxylation is 1. The third-order valence-corrected chi connectivity index (χ3v) is 3.40. The van der Waals surface area contributed by atoms with Crippen LogP contribution in [0, 0.1) is 5.82 Å². The smallest absolute Gasteiger partial charge is 0.282 e. The molecule has 1 heterocycles. The summed E-state index contributed by atoms with van der Waals surface area (Å²) in [5, 5.41) is 11.6. The number of carbonyl (C=O) groups is 1. The van der Waals surface area contributed by atoms with Gasteiger partial charge in [-0.1, -0.05) is 30.4 Å². The van der Waals surface area contributed by atoms with E-state index in [9.17, 15) is 9.18 Å². The molecule has 18 heavy (non-hydrogen) atoms. The number of halogens is 1. The van der Waals surface area contributed by atoms with E-state index in [0.29, 0.717) is 11.6 Å². The Kier molecular flexibility index (Phi) is 3.99. The average Bonchev–Trinajstić information content (AvgIpc) is 2.86. The first-order valence-electron chi connectivity index (χ1n) is 5.54. The van der Waals surface area contributed by atoms with Gasteiger partial charge in [0.15, 0.2) is 0 Å². The molecule has 94 valence electrons. The molecule has 4 nitrogen and oxygen atoms in total. The van der Waals surface area contributed by atoms with Crippen LogP contribution in [0.5, 0.6) is 0 Å². The molecule has 0 aliphatic heterocycles. The van der Waals surface area contributed by atoms with E-state index in [-0.39, 0.29) is 11.7 Å². The van der Waals surface area contributed by atoms with Gasteiger partial charge in [0.05, 0.1) is 0 Å². The van der Waals surface area contributed by atoms with Crippen LogP contribution in [0.1, 0.15) is 27.3 Å². The maximum absolute atomic E-state index is 12.7. The number of benzene rings is 1. The Labute approximate surface area is 108 Å². The molecule has 0 fully saturated rings. The van der Waals surface area contributed by atoms with Gasteiger partial charge in [-0.05, 0) is 24.1 Å². The highest BCUT2D eigenvalue weighted by atomic mass is 32.1. The molecule has 0 aliphatic rings. The molecule has 1 aromatic carbocycles. The van der Waals surface area contributed by atoms with Gasteiger partial charge < -0.3 is 5.32 Å². The number of nitrogens with one attached hydrogen (secondary N) is 1. The van der Waals surface area contributed by atoms with Crippen molar-refractivity contribution in [1.29, 1.82) is 0 Å². The summed E-state index contributed by atoms with van der Waals surface area (Å²) in [6.07, 6.45) is 0.767. The summed E-state index contributed by atoms with van der Waals surface area (Å²) in [6.45, 7) is 2.31. The molecule has 0 spiro atoms. The van der Waals surface area contributed by atoms with Crippen molar-refractivity contribution in [1.82, 2.24) is 15.5 Å². The van der Waals surface area contributed by atoms with Crippen LogP contribution in [-0.2, 0) is 13.0 Å². The van der Waals surface area contributed by atoms with Crippen molar-refractivity contribution >= 4 is 17.2 Å². The highest BCUT2D eigenvalue weighted by Crippen LogP contribution is 2.10. The Morgan fingerprint density at radius 2 is 2.06 bits per heavy atom. The second kappa shape index (κ2) is 5.68. The van der Waals surface area contributed by atoms with E-state index >= 15 is 0 Å². The summed E-state index contributed by atoms with van der Waals surface area (Å²) in [5.41, 5.74) is 0.838. The fourth-order valence-corrected chi connectivity index (χ4v) is 2.04. The van der Waals surface area contributed by atoms with Crippen molar-refractivity contribution in [2.45, 2.75) is 19.9 Å². The lowest BCUT2D eigenvalue weighted by atomic mass is 10.2. The topological polar surface area (TPSA) is 54.9 Å². The van der Waals surface area contributed by atoms with Crippen molar-refractivity contribution in [3.63, 3.8) is 0 Å². The van der Waals surface area contributed by atoms with E-state index in [1.54, 1.807) is 12.1 Å². The molecular weight excluding hydrogens is 253 g/mol. The molecule has 1 aromatic heterocycles. The first kappa shape index (κ1) is 12.6. The van der Waals surface area contributed by atoms with Gasteiger partial charge in [0, 0.05) is 6.54 Å². The lowest BCUT2D eigenvalue weighted by molar-refractivity contribution is 0.0950. The Bertz CT molecular complexity index is 539. The number of carbonyl (C=O) groups excluding carboxylic acids is 1. The number of nitrogens with zero attached hydrogens (tertiary/aromatic N) is 2. The Balaban J connectivity index is 1.93. The normalized spacial score (nSPS) is 10.3. The lowest BCUT2D eigenvalue weighted by Crippen LogP contribution is -2.22. The summed E-state index contributed by atoms with van der Waals surface area (Å²) >= 11 is 1.28. The summed E-state index contributed by atoms with van der Waals surface area (Å²) in [4.78, 5) is 11.7. The molecule has 0 aliphatic carbocycles. The molecular formula is C12H12FN3OS. The second-order valence-electron chi connectivity index (χ2n) is 3.66. The van der Waals surface area contributed by atoms with Crippen molar-refractivity contribution in [2.75, 3.05) is 0 Å². The maximum atomic E-state index is 12.7. The summed E-state index contributed by atoms with van der Waals surface area (Å²) in [6, 6.07) is 5.99. The molecule has 2 rings (SSSR count). The van der Waals surface area contributed by atoms with E-state index in [1.165, 1.54) is 23.5 Å². The van der Waals surface area contributed by atoms with E-state index in [2.05, 4.69) is 15.5 Å². The fourth-order valence-electron chi connectivity index (χ4n) is 1.35. The predicted octanol–water partition coefficient (Wildman–Crippen LogP) is 2.17. The summed E-state index contributed by atoms with van der Waals surface area (Å²) in [5.74, 6) is -0.543. The van der Waals surface area contributed by atoms with Crippen molar-refractivity contribution in [3.8, 4) is 0 Å². The highest BCUT2D eigenvalue weighted by molar-refractivity contribution is 7.13. The van der Waals surface area contributed by atoms with Gasteiger partial charge in [0.1, 0.15) is 10.8 Å². The Hall–Kier alpha value is -1.82. The van der Waals surface area contributed by atoms with Crippen LogP contribution in [0.4, 0.5) is 4.39 Å². The number of hydrogen-bond donors (Lipinski definition) is 1. The van der Waals surface area contributed by atoms with Gasteiger partial charge in [-0.2, -0.15) is 0 Å². The molecule has 6 heteroatoms. The van der Waals surface area contributed by atoms with Crippen molar-refractivity contribution < 1.29 is 9.18 Å². The minimum atomic E-state index is -0.290. The molecule has 0 radical (unpaired) electrons. The van der Waals surface area contributed by atoms with Gasteiger partial charge in [-0.3, -0.25) is 4.79 Å². The highest BCUT2D eigenvalue weighted by Gasteiger charge is 2.11. The van der Waals surface area contributed by atoms with E-state index in [1.807, 2.05) is 6.92 Å². The first-order chi connectivity index (χ1) is 8.69. The molecule has 1 amide bonds. The molecule has 1 N–H and O–H groups in total. The van der Waals surface area contributed by atoms with Gasteiger partial charge in [-0.25, -0.2) is 4.39 Å². The first-order valence-corrected chi connectivity index (χ1v) is 6.35. The maximum Gasteiger partial charge on any atom is 0.282 e. The monoisotopic (exact) mass is 265 g/mol. The molecule has 0 bridgehead atoms. The zero-order valence-corrected chi connectivity index (χ0v) is 10.6. The van der Waals surface area contributed by atoms with Gasteiger partial charge in [-0.15, -0.1) is 10.2 Å². The number of rotatable bonds is 4. The molecule has 0 saturated carbocycles. The van der Waals surface area contributed by atoms with Gasteiger partial charge in [0.2, 0.25) is 5.01 Å². The largest absolute Gasteiger partial charge is 0.346 e. The SMILES string of the molecule is CCc1nnc(C(=O)NCc2ccc(F)cc2)s1. The van der Waals surface area contributed by atoms with Gasteiger partial charge in [0.25, 0.3) is 5.91 Å². The predicted molar refractivity (Wildman–Crippen MR) is 66.9 cm³/mol. The number of aromatic nitrogens is 2. The minimum Gasteiger partial charge on any atom is -0.346 e. The van der Waals surface area contributed by atoms with E-state index in [0.717, 1.165) is 17.0 Å². The third kappa shape index (κ3) is 3.10. The van der Waals surface area contributed by atoms with E-state index < -0.39 is 0 Å². The zero-order valence-electron chi connectivity index (χ0n) is 9.81. The number of amides is 1. The van der Waals surface area contributed by atoms with Crippen molar-refractivity contribution in [2.24, 2.45) is 0 Å². The zero-order chi connectivity index (χ0) is 13.0. The van der Waals surface area contributed by atoms with Crippen LogP contribution < -0.4 is 5.32 Å². The fraction of sp³-hybridized carbons (Fsp3) is 0.250. The third-order valence-electron chi connectivity index (χ3n) is 2.33. The summed E-state index contributed by atoms with van der Waals surface area (Å²) in [7, 11) is 0. The summed E-state index contributed by atoms with van der Waals surface area (Å²) < 4.78 is 12.7. The quantitative estimate of drug-likeness (QED) is 0.921. The van der Waals surface area contributed by atoms with Crippen LogP contribution in [-0.4, -0.2) is 16.1 Å². The van der Waals surface area contributed by atoms with Crippen LogP contribution in [0.3, 0.4) is 0 Å². The standard InChI is InChI=1S/C12H12FN3OS/c1-2-10-15-16-12(18-10)11(17)14-7-8-3-5-9(13)6-4-8/h3-6H,2,7H2,1H3,(H,14,17). The average molecular weight is 265 g/mol. The van der Waals surface area contributed by atoms with Crippen LogP contribution in [0.15, 0.2) is 24.3 Å². The van der Waals surface area contributed by atoms with Crippen LogP contribution in [0.2, 0.25) is 0 Å². The molecule has 0 atom stereocenters. The molecule has 2 aromatic rings. The molecule has 0 saturated heterocycles. The van der Waals surface area contributed by atoms with Crippen molar-refractivity contribution in [3.05, 3.63) is 45.7 Å². The van der Waals surface area contributed by atoms with Gasteiger partial charge >= 0.3 is 0 Å². The van der Waals surface area contributed by atoms with E-state index in [4.69, 9.17) is 0 Å². The Morgan fingerprint density at radius 1 is 1.33 bits per heavy atom. The number of hydrogen-bond acceptors (Lipinski definition) is 4. The Morgan fingerprint density at radius 3 is 2.67 bits per heavy atom. The van der Waals surface area contributed by atoms with Crippen LogP contribution >= 0.6 is 11.3 Å². The van der Waals surface area contributed by atoms with Crippen LogP contribution in [0.25, 0.3) is 0 Å². The lowest BCUT2D eigenvalue weighted by Gasteiger charge is -2.02. The minimum absolute atomic E-state index is 0.253. The second-order valence-corrected chi connectivity index (χ2v) is 4.73. The molecule has 0 unspecified atom stereocenters.